The van der Waals surface area contributed by atoms with Gasteiger partial charge in [-0.2, -0.15) is 23.3 Å². The van der Waals surface area contributed by atoms with Crippen LogP contribution >= 0.6 is 10.7 Å². The molecule has 13 heteroatoms. The molecule has 0 bridgehead atoms. The van der Waals surface area contributed by atoms with Crippen LogP contribution in [0.2, 0.25) is 0 Å². The first kappa shape index (κ1) is 25.3. The van der Waals surface area contributed by atoms with E-state index in [4.69, 9.17) is 0 Å². The number of phenols is 1. The Hall–Kier alpha value is -2.80. The summed E-state index contributed by atoms with van der Waals surface area (Å²) in [6.07, 6.45) is -0.742. The predicted molar refractivity (Wildman–Crippen MR) is 127 cm³/mol. The van der Waals surface area contributed by atoms with Crippen molar-refractivity contribution in [2.45, 2.75) is 32.5 Å². The minimum Gasteiger partial charge on any atom is -0.503 e. The Bertz CT molecular complexity index is 1310. The summed E-state index contributed by atoms with van der Waals surface area (Å²) in [6, 6.07) is 0.462. The molecule has 3 aromatic rings. The van der Waals surface area contributed by atoms with E-state index in [1.807, 2.05) is 6.92 Å². The summed E-state index contributed by atoms with van der Waals surface area (Å²) in [5, 5.41) is 16.2. The molecule has 190 valence electrons. The second-order valence-corrected chi connectivity index (χ2v) is 10.3. The number of aryl methyl sites for hydroxylation is 1. The largest absolute Gasteiger partial charge is 0.503 e. The van der Waals surface area contributed by atoms with Gasteiger partial charge in [-0.1, -0.05) is 12.3 Å². The van der Waals surface area contributed by atoms with E-state index in [9.17, 15) is 27.1 Å². The Morgan fingerprint density at radius 2 is 1.94 bits per heavy atom. The van der Waals surface area contributed by atoms with Gasteiger partial charge in [0.05, 0.1) is 10.9 Å². The number of alkyl halides is 3. The number of anilines is 1. The Kier molecular flexibility index (Phi) is 6.75. The van der Waals surface area contributed by atoms with Gasteiger partial charge in [0.2, 0.25) is 5.95 Å². The van der Waals surface area contributed by atoms with Gasteiger partial charge in [0.1, 0.15) is 5.69 Å². The number of phenolic OH excluding ortho intramolecular Hbond substituents is 1. The maximum atomic E-state index is 14.7. The average molecular weight is 517 g/mol. The number of aromatic hydroxyl groups is 1. The van der Waals surface area contributed by atoms with Crippen molar-refractivity contribution in [1.29, 1.82) is 0 Å². The number of halogens is 5. The first-order chi connectivity index (χ1) is 16.5. The zero-order valence-electron chi connectivity index (χ0n) is 19.6. The van der Waals surface area contributed by atoms with Crippen LogP contribution in [0.15, 0.2) is 12.3 Å². The second-order valence-electron chi connectivity index (χ2n) is 8.23. The molecular formula is C22H25F5N6OS. The fourth-order valence-electron chi connectivity index (χ4n) is 4.22. The summed E-state index contributed by atoms with van der Waals surface area (Å²) in [6.45, 7) is 6.45. The Morgan fingerprint density at radius 3 is 2.57 bits per heavy atom. The van der Waals surface area contributed by atoms with Crippen molar-refractivity contribution in [3.63, 3.8) is 0 Å². The molecule has 3 heterocycles. The molecule has 0 radical (unpaired) electrons. The fourth-order valence-corrected chi connectivity index (χ4v) is 5.29. The average Bonchev–Trinajstić information content (AvgIpc) is 3.16. The van der Waals surface area contributed by atoms with Crippen molar-refractivity contribution in [2.24, 2.45) is 7.05 Å². The standard InChI is InChI=1S/C22H25F5N6OS/c1-5-12-11-32(35(4)6-2)7-8-33(12)21-28-10-14-18(30-31(3)20(14)29-21)13-9-15(22(25,26)27)17(24)19(34)16(13)23/h6,9-10,12,34H,5,7-8,11H2,1-4H3/t12-,35?/m1/s1. The maximum Gasteiger partial charge on any atom is 0.419 e. The van der Waals surface area contributed by atoms with Gasteiger partial charge in [0, 0.05) is 44.5 Å². The Labute approximate surface area is 201 Å². The Balaban J connectivity index is 1.78. The van der Waals surface area contributed by atoms with Crippen LogP contribution in [0, 0.1) is 11.6 Å². The molecule has 7 nitrogen and oxygen atoms in total. The molecule has 2 aromatic heterocycles. The van der Waals surface area contributed by atoms with Crippen molar-refractivity contribution >= 4 is 33.0 Å². The minimum absolute atomic E-state index is 0.0487. The molecule has 1 unspecified atom stereocenters. The number of fused-ring (bicyclic) bond motifs is 1. The lowest BCUT2D eigenvalue weighted by atomic mass is 10.0. The summed E-state index contributed by atoms with van der Waals surface area (Å²) < 4.78 is 72.1. The quantitative estimate of drug-likeness (QED) is 0.405. The molecule has 1 N–H and O–H groups in total. The van der Waals surface area contributed by atoms with Gasteiger partial charge in [-0.05, 0) is 25.7 Å². The Morgan fingerprint density at radius 1 is 1.23 bits per heavy atom. The van der Waals surface area contributed by atoms with Crippen LogP contribution in [0.3, 0.4) is 0 Å². The second kappa shape index (κ2) is 9.34. The van der Waals surface area contributed by atoms with Crippen LogP contribution in [0.4, 0.5) is 27.9 Å². The van der Waals surface area contributed by atoms with Crippen LogP contribution in [0.1, 0.15) is 25.8 Å². The van der Waals surface area contributed by atoms with Crippen molar-refractivity contribution in [3.05, 3.63) is 29.5 Å². The van der Waals surface area contributed by atoms with E-state index in [0.717, 1.165) is 19.5 Å². The maximum absolute atomic E-state index is 14.7. The van der Waals surface area contributed by atoms with Crippen LogP contribution < -0.4 is 4.90 Å². The van der Waals surface area contributed by atoms with Gasteiger partial charge in [-0.15, -0.1) is 10.7 Å². The van der Waals surface area contributed by atoms with E-state index >= 15 is 0 Å². The van der Waals surface area contributed by atoms with Crippen LogP contribution in [0.25, 0.3) is 22.3 Å². The highest BCUT2D eigenvalue weighted by Gasteiger charge is 2.38. The van der Waals surface area contributed by atoms with E-state index in [1.54, 1.807) is 0 Å². The number of hydrogen-bond acceptors (Lipinski definition) is 6. The van der Waals surface area contributed by atoms with Gasteiger partial charge < -0.3 is 10.0 Å². The summed E-state index contributed by atoms with van der Waals surface area (Å²) in [4.78, 5) is 11.1. The molecule has 0 spiro atoms. The molecule has 4 rings (SSSR count). The summed E-state index contributed by atoms with van der Waals surface area (Å²) in [5.74, 6) is -4.88. The van der Waals surface area contributed by atoms with Crippen molar-refractivity contribution < 1.29 is 27.1 Å². The molecule has 0 saturated carbocycles. The molecule has 0 aliphatic carbocycles. The van der Waals surface area contributed by atoms with Gasteiger partial charge in [0.25, 0.3) is 0 Å². The first-order valence-electron chi connectivity index (χ1n) is 10.9. The van der Waals surface area contributed by atoms with Crippen molar-refractivity contribution in [3.8, 4) is 17.0 Å². The van der Waals surface area contributed by atoms with E-state index in [1.165, 1.54) is 17.9 Å². The number of hydrogen-bond donors (Lipinski definition) is 1. The number of piperazine rings is 1. The topological polar surface area (TPSA) is 70.3 Å². The lowest BCUT2D eigenvalue weighted by molar-refractivity contribution is -0.140. The van der Waals surface area contributed by atoms with Gasteiger partial charge in [-0.3, -0.25) is 4.31 Å². The summed E-state index contributed by atoms with van der Waals surface area (Å²) in [5.41, 5.74) is -2.43. The third kappa shape index (κ3) is 4.46. The molecule has 0 amide bonds. The van der Waals surface area contributed by atoms with E-state index in [0.29, 0.717) is 18.6 Å². The number of nitrogens with zero attached hydrogens (tertiary/aromatic N) is 6. The highest BCUT2D eigenvalue weighted by molar-refractivity contribution is 8.12. The normalized spacial score (nSPS) is 18.5. The molecule has 1 fully saturated rings. The van der Waals surface area contributed by atoms with Gasteiger partial charge >= 0.3 is 6.18 Å². The number of rotatable bonds is 4. The molecule has 2 atom stereocenters. The van der Waals surface area contributed by atoms with E-state index in [2.05, 4.69) is 42.8 Å². The van der Waals surface area contributed by atoms with Crippen LogP contribution in [-0.4, -0.2) is 66.5 Å². The predicted octanol–water partition coefficient (Wildman–Crippen LogP) is 4.57. The van der Waals surface area contributed by atoms with Crippen molar-refractivity contribution in [1.82, 2.24) is 24.1 Å². The lowest BCUT2D eigenvalue weighted by Crippen LogP contribution is -2.51. The highest BCUT2D eigenvalue weighted by Crippen LogP contribution is 2.41. The van der Waals surface area contributed by atoms with E-state index < -0.39 is 34.7 Å². The third-order valence-electron chi connectivity index (χ3n) is 6.23. The number of aromatic nitrogens is 4. The fraction of sp³-hybridized carbons (Fsp3) is 0.455. The summed E-state index contributed by atoms with van der Waals surface area (Å²) >= 11 is 0. The zero-order chi connectivity index (χ0) is 25.7. The molecule has 1 aromatic carbocycles. The molecule has 35 heavy (non-hydrogen) atoms. The smallest absolute Gasteiger partial charge is 0.419 e. The number of benzene rings is 1. The highest BCUT2D eigenvalue weighted by atomic mass is 32.2. The molecule has 1 saturated heterocycles. The van der Waals surface area contributed by atoms with Gasteiger partial charge in [-0.25, -0.2) is 18.4 Å². The molecular weight excluding hydrogens is 491 g/mol. The van der Waals surface area contributed by atoms with E-state index in [-0.39, 0.29) is 33.4 Å². The minimum atomic E-state index is -5.14. The van der Waals surface area contributed by atoms with Crippen LogP contribution in [0.5, 0.6) is 5.75 Å². The van der Waals surface area contributed by atoms with Crippen LogP contribution in [-0.2, 0) is 13.2 Å². The SMILES string of the molecule is C/C=S(\C)N1CCN(c2ncc3c(-c4cc(C(F)(F)F)c(F)c(O)c4F)nn(C)c3n2)[C@H](CC)C1. The lowest BCUT2D eigenvalue weighted by Gasteiger charge is -2.41. The van der Waals surface area contributed by atoms with Crippen molar-refractivity contribution in [2.75, 3.05) is 30.8 Å². The third-order valence-corrected chi connectivity index (χ3v) is 8.06. The monoisotopic (exact) mass is 516 g/mol. The van der Waals surface area contributed by atoms with Gasteiger partial charge in [0.15, 0.2) is 23.0 Å². The first-order valence-corrected chi connectivity index (χ1v) is 12.6. The molecule has 1 aliphatic heterocycles. The zero-order valence-corrected chi connectivity index (χ0v) is 20.4. The summed E-state index contributed by atoms with van der Waals surface area (Å²) in [7, 11) is 1.57. The molecule has 1 aliphatic rings.